The highest BCUT2D eigenvalue weighted by atomic mass is 19.3. The highest BCUT2D eigenvalue weighted by Gasteiger charge is 2.20. The van der Waals surface area contributed by atoms with Gasteiger partial charge in [-0.05, 0) is 32.0 Å². The summed E-state index contributed by atoms with van der Waals surface area (Å²) in [5.41, 5.74) is 0.903. The number of fused-ring (bicyclic) bond motifs is 1. The number of alkyl halides is 2. The molecule has 0 amide bonds. The summed E-state index contributed by atoms with van der Waals surface area (Å²) in [6.45, 7) is 2.89. The lowest BCUT2D eigenvalue weighted by molar-refractivity contribution is 0.146. The number of aryl methyl sites for hydroxylation is 1. The van der Waals surface area contributed by atoms with Gasteiger partial charge in [-0.3, -0.25) is 9.36 Å². The predicted molar refractivity (Wildman–Crippen MR) is 124 cm³/mol. The molecule has 0 bridgehead atoms. The Labute approximate surface area is 194 Å². The molecule has 0 radical (unpaired) electrons. The van der Waals surface area contributed by atoms with Gasteiger partial charge < -0.3 is 15.3 Å². The van der Waals surface area contributed by atoms with Crippen LogP contribution in [0.15, 0.2) is 35.1 Å². The first-order valence-electron chi connectivity index (χ1n) is 11.0. The molecule has 3 aromatic rings. The van der Waals surface area contributed by atoms with E-state index in [9.17, 15) is 23.1 Å². The molecule has 0 aliphatic carbocycles. The standard InChI is InChI=1S/C24H26F3N5O2/c1-14-29-22(28-13-16-4-3-5-17(20(16)25)21(26)27)19-12-18(15-6-8-31(2)9-7-15)24(34)32(10-11-33)23(19)30-14/h3-6,12,21,33H,7-11,13H2,1-2H3,(H,28,29,30). The molecule has 0 saturated heterocycles. The molecule has 4 rings (SSSR count). The summed E-state index contributed by atoms with van der Waals surface area (Å²) in [5, 5.41) is 13.2. The summed E-state index contributed by atoms with van der Waals surface area (Å²) in [7, 11) is 2.00. The lowest BCUT2D eigenvalue weighted by Gasteiger charge is -2.23. The third kappa shape index (κ3) is 4.69. The molecule has 0 saturated carbocycles. The van der Waals surface area contributed by atoms with Crippen LogP contribution in [-0.4, -0.2) is 51.3 Å². The van der Waals surface area contributed by atoms with Crippen molar-refractivity contribution in [2.24, 2.45) is 0 Å². The highest BCUT2D eigenvalue weighted by molar-refractivity contribution is 5.89. The van der Waals surface area contributed by atoms with Crippen LogP contribution in [0, 0.1) is 12.7 Å². The van der Waals surface area contributed by atoms with Gasteiger partial charge in [-0.2, -0.15) is 0 Å². The van der Waals surface area contributed by atoms with Crippen molar-refractivity contribution in [2.45, 2.75) is 32.9 Å². The third-order valence-electron chi connectivity index (χ3n) is 5.93. The molecular formula is C24H26F3N5O2. The number of hydrogen-bond acceptors (Lipinski definition) is 6. The van der Waals surface area contributed by atoms with Crippen LogP contribution < -0.4 is 10.9 Å². The lowest BCUT2D eigenvalue weighted by Crippen LogP contribution is -2.29. The van der Waals surface area contributed by atoms with Gasteiger partial charge in [0, 0.05) is 30.8 Å². The number of aliphatic hydroxyl groups excluding tert-OH is 1. The van der Waals surface area contributed by atoms with Crippen molar-refractivity contribution in [2.75, 3.05) is 32.1 Å². The normalized spacial score (nSPS) is 14.6. The molecule has 1 aromatic carbocycles. The average Bonchev–Trinajstić information content (AvgIpc) is 2.80. The van der Waals surface area contributed by atoms with E-state index in [-0.39, 0.29) is 30.8 Å². The molecule has 180 valence electrons. The van der Waals surface area contributed by atoms with Crippen LogP contribution in [0.3, 0.4) is 0 Å². The van der Waals surface area contributed by atoms with Crippen molar-refractivity contribution < 1.29 is 18.3 Å². The number of likely N-dealkylation sites (N-methyl/N-ethyl adjacent to an activating group) is 1. The number of nitrogens with one attached hydrogen (secondary N) is 1. The van der Waals surface area contributed by atoms with Crippen molar-refractivity contribution in [3.05, 3.63) is 69.0 Å². The smallest absolute Gasteiger partial charge is 0.266 e. The highest BCUT2D eigenvalue weighted by Crippen LogP contribution is 2.28. The van der Waals surface area contributed by atoms with Crippen LogP contribution in [0.2, 0.25) is 0 Å². The van der Waals surface area contributed by atoms with Gasteiger partial charge in [0.2, 0.25) is 0 Å². The van der Waals surface area contributed by atoms with Crippen LogP contribution in [0.4, 0.5) is 19.0 Å². The summed E-state index contributed by atoms with van der Waals surface area (Å²) in [6, 6.07) is 5.59. The van der Waals surface area contributed by atoms with Crippen molar-refractivity contribution in [1.29, 1.82) is 0 Å². The number of pyridine rings is 1. The van der Waals surface area contributed by atoms with Crippen LogP contribution in [0.25, 0.3) is 16.6 Å². The molecule has 0 unspecified atom stereocenters. The number of aliphatic hydroxyl groups is 1. The molecule has 2 N–H and O–H groups in total. The van der Waals surface area contributed by atoms with Crippen LogP contribution in [0.5, 0.6) is 0 Å². The maximum absolute atomic E-state index is 14.5. The molecule has 2 aromatic heterocycles. The molecule has 1 aliphatic heterocycles. The molecule has 34 heavy (non-hydrogen) atoms. The van der Waals surface area contributed by atoms with E-state index in [0.29, 0.717) is 41.2 Å². The number of nitrogens with zero attached hydrogens (tertiary/aromatic N) is 4. The van der Waals surface area contributed by atoms with E-state index in [0.717, 1.165) is 18.2 Å². The van der Waals surface area contributed by atoms with Crippen molar-refractivity contribution in [3.63, 3.8) is 0 Å². The molecule has 7 nitrogen and oxygen atoms in total. The summed E-state index contributed by atoms with van der Waals surface area (Å²) >= 11 is 0. The Bertz CT molecular complexity index is 1310. The number of halogens is 3. The van der Waals surface area contributed by atoms with Crippen molar-refractivity contribution in [1.82, 2.24) is 19.4 Å². The summed E-state index contributed by atoms with van der Waals surface area (Å²) < 4.78 is 42.1. The predicted octanol–water partition coefficient (Wildman–Crippen LogP) is 3.50. The fourth-order valence-electron chi connectivity index (χ4n) is 4.12. The fourth-order valence-corrected chi connectivity index (χ4v) is 4.12. The van der Waals surface area contributed by atoms with Gasteiger partial charge in [-0.1, -0.05) is 24.3 Å². The van der Waals surface area contributed by atoms with E-state index in [2.05, 4.69) is 20.2 Å². The zero-order valence-electron chi connectivity index (χ0n) is 19.0. The van der Waals surface area contributed by atoms with Gasteiger partial charge in [0.05, 0.1) is 24.1 Å². The minimum Gasteiger partial charge on any atom is -0.395 e. The first-order chi connectivity index (χ1) is 16.3. The molecule has 10 heteroatoms. The van der Waals surface area contributed by atoms with Crippen LogP contribution >= 0.6 is 0 Å². The van der Waals surface area contributed by atoms with E-state index in [1.165, 1.54) is 16.7 Å². The SMILES string of the molecule is Cc1nc(NCc2cccc(C(F)F)c2F)c2cc(C3=CCN(C)CC3)c(=O)n(CCO)c2n1. The maximum Gasteiger partial charge on any atom is 0.266 e. The molecule has 0 fully saturated rings. The van der Waals surface area contributed by atoms with E-state index in [1.807, 2.05) is 13.1 Å². The molecular weight excluding hydrogens is 447 g/mol. The number of benzene rings is 1. The van der Waals surface area contributed by atoms with Gasteiger partial charge in [-0.25, -0.2) is 23.1 Å². The van der Waals surface area contributed by atoms with E-state index < -0.39 is 17.8 Å². The van der Waals surface area contributed by atoms with E-state index in [4.69, 9.17) is 0 Å². The van der Waals surface area contributed by atoms with E-state index >= 15 is 0 Å². The number of aromatic nitrogens is 3. The van der Waals surface area contributed by atoms with E-state index in [1.54, 1.807) is 13.0 Å². The molecule has 0 atom stereocenters. The number of rotatable bonds is 7. The number of hydrogen-bond donors (Lipinski definition) is 2. The molecule has 3 heterocycles. The van der Waals surface area contributed by atoms with Crippen LogP contribution in [-0.2, 0) is 13.1 Å². The Kier molecular flexibility index (Phi) is 6.99. The van der Waals surface area contributed by atoms with Crippen molar-refractivity contribution in [3.8, 4) is 0 Å². The lowest BCUT2D eigenvalue weighted by atomic mass is 9.99. The second-order valence-corrected chi connectivity index (χ2v) is 8.31. The van der Waals surface area contributed by atoms with Gasteiger partial charge in [0.1, 0.15) is 23.1 Å². The first-order valence-corrected chi connectivity index (χ1v) is 11.0. The molecule has 0 spiro atoms. The topological polar surface area (TPSA) is 83.3 Å². The van der Waals surface area contributed by atoms with Gasteiger partial charge >= 0.3 is 0 Å². The zero-order valence-corrected chi connectivity index (χ0v) is 19.0. The Balaban J connectivity index is 1.81. The summed E-state index contributed by atoms with van der Waals surface area (Å²) in [4.78, 5) is 24.3. The maximum atomic E-state index is 14.5. The Morgan fingerprint density at radius 2 is 2.06 bits per heavy atom. The third-order valence-corrected chi connectivity index (χ3v) is 5.93. The Morgan fingerprint density at radius 3 is 2.74 bits per heavy atom. The average molecular weight is 473 g/mol. The second kappa shape index (κ2) is 9.94. The first kappa shape index (κ1) is 23.9. The minimum absolute atomic E-state index is 0.0529. The van der Waals surface area contributed by atoms with Gasteiger partial charge in [0.15, 0.2) is 0 Å². The fraction of sp³-hybridized carbons (Fsp3) is 0.375. The van der Waals surface area contributed by atoms with Gasteiger partial charge in [-0.15, -0.1) is 0 Å². The Morgan fingerprint density at radius 1 is 1.26 bits per heavy atom. The Hall–Kier alpha value is -3.24. The second-order valence-electron chi connectivity index (χ2n) is 8.31. The summed E-state index contributed by atoms with van der Waals surface area (Å²) in [5.74, 6) is -0.241. The van der Waals surface area contributed by atoms with Gasteiger partial charge in [0.25, 0.3) is 12.0 Å². The largest absolute Gasteiger partial charge is 0.395 e. The van der Waals surface area contributed by atoms with Crippen LogP contribution in [0.1, 0.15) is 35.4 Å². The van der Waals surface area contributed by atoms with Crippen molar-refractivity contribution >= 4 is 22.4 Å². The zero-order chi connectivity index (χ0) is 24.4. The number of anilines is 1. The quantitative estimate of drug-likeness (QED) is 0.547. The monoisotopic (exact) mass is 473 g/mol. The molecule has 1 aliphatic rings. The minimum atomic E-state index is -2.92. The summed E-state index contributed by atoms with van der Waals surface area (Å²) in [6.07, 6.45) is -0.222.